The summed E-state index contributed by atoms with van der Waals surface area (Å²) in [7, 11) is 0. The topological polar surface area (TPSA) is 59.2 Å². The van der Waals surface area contributed by atoms with E-state index >= 15 is 0 Å². The van der Waals surface area contributed by atoms with Gasteiger partial charge in [-0.1, -0.05) is 20.8 Å². The number of anilines is 1. The highest BCUT2D eigenvalue weighted by molar-refractivity contribution is 5.95. The quantitative estimate of drug-likeness (QED) is 0.888. The fourth-order valence-electron chi connectivity index (χ4n) is 2.00. The van der Waals surface area contributed by atoms with Crippen LogP contribution in [0.1, 0.15) is 50.7 Å². The summed E-state index contributed by atoms with van der Waals surface area (Å²) >= 11 is 0. The van der Waals surface area contributed by atoms with Crippen molar-refractivity contribution in [1.82, 2.24) is 9.88 Å². The number of carbonyl (C=O) groups excluding carboxylic acids is 1. The zero-order valence-electron chi connectivity index (χ0n) is 12.6. The van der Waals surface area contributed by atoms with Crippen molar-refractivity contribution in [3.05, 3.63) is 23.4 Å². The maximum atomic E-state index is 12.6. The molecular formula is C15H25N3O. The van der Waals surface area contributed by atoms with Crippen molar-refractivity contribution >= 4 is 11.7 Å². The summed E-state index contributed by atoms with van der Waals surface area (Å²) in [6, 6.07) is 3.68. The molecule has 0 aliphatic rings. The van der Waals surface area contributed by atoms with Crippen molar-refractivity contribution in [3.8, 4) is 0 Å². The minimum absolute atomic E-state index is 0.0347. The summed E-state index contributed by atoms with van der Waals surface area (Å²) in [6.45, 7) is 11.0. The normalized spacial score (nSPS) is 11.1. The van der Waals surface area contributed by atoms with Crippen LogP contribution in [0.15, 0.2) is 12.1 Å². The molecule has 0 aliphatic heterocycles. The molecule has 0 radical (unpaired) electrons. The molecule has 1 amide bonds. The van der Waals surface area contributed by atoms with E-state index in [0.717, 1.165) is 18.7 Å². The van der Waals surface area contributed by atoms with Gasteiger partial charge in [0.25, 0.3) is 5.91 Å². The molecule has 0 aromatic carbocycles. The van der Waals surface area contributed by atoms with Crippen molar-refractivity contribution in [2.45, 2.75) is 47.1 Å². The Hall–Kier alpha value is -1.58. The van der Waals surface area contributed by atoms with Crippen molar-refractivity contribution in [2.24, 2.45) is 5.92 Å². The van der Waals surface area contributed by atoms with Gasteiger partial charge >= 0.3 is 0 Å². The van der Waals surface area contributed by atoms with Gasteiger partial charge in [-0.2, -0.15) is 0 Å². The Balaban J connectivity index is 3.05. The van der Waals surface area contributed by atoms with Gasteiger partial charge in [0, 0.05) is 23.8 Å². The first kappa shape index (κ1) is 15.5. The molecule has 0 bridgehead atoms. The lowest BCUT2D eigenvalue weighted by Crippen LogP contribution is -2.39. The summed E-state index contributed by atoms with van der Waals surface area (Å²) < 4.78 is 0. The summed E-state index contributed by atoms with van der Waals surface area (Å²) in [5, 5.41) is 0. The number of nitrogens with zero attached hydrogens (tertiary/aromatic N) is 2. The number of hydrogen-bond acceptors (Lipinski definition) is 3. The van der Waals surface area contributed by atoms with Crippen LogP contribution in [0.3, 0.4) is 0 Å². The van der Waals surface area contributed by atoms with E-state index in [-0.39, 0.29) is 11.9 Å². The molecular weight excluding hydrogens is 238 g/mol. The summed E-state index contributed by atoms with van der Waals surface area (Å²) in [5.41, 5.74) is 7.26. The van der Waals surface area contributed by atoms with Gasteiger partial charge in [0.1, 0.15) is 5.82 Å². The monoisotopic (exact) mass is 263 g/mol. The van der Waals surface area contributed by atoms with Gasteiger partial charge in [-0.05, 0) is 38.3 Å². The van der Waals surface area contributed by atoms with Crippen LogP contribution in [0, 0.1) is 5.92 Å². The van der Waals surface area contributed by atoms with Gasteiger partial charge in [-0.15, -0.1) is 0 Å². The lowest BCUT2D eigenvalue weighted by Gasteiger charge is -2.28. The molecule has 1 heterocycles. The molecule has 1 aromatic rings. The van der Waals surface area contributed by atoms with E-state index in [1.807, 2.05) is 31.7 Å². The number of hydrogen-bond donors (Lipinski definition) is 1. The summed E-state index contributed by atoms with van der Waals surface area (Å²) in [4.78, 5) is 18.7. The number of aromatic nitrogens is 1. The molecule has 0 fully saturated rings. The van der Waals surface area contributed by atoms with E-state index < -0.39 is 0 Å². The fourth-order valence-corrected chi connectivity index (χ4v) is 2.00. The number of aryl methyl sites for hydroxylation is 1. The highest BCUT2D eigenvalue weighted by Gasteiger charge is 2.20. The smallest absolute Gasteiger partial charge is 0.254 e. The van der Waals surface area contributed by atoms with E-state index in [2.05, 4.69) is 18.8 Å². The molecule has 2 N–H and O–H groups in total. The average molecular weight is 263 g/mol. The van der Waals surface area contributed by atoms with Crippen molar-refractivity contribution in [1.29, 1.82) is 0 Å². The van der Waals surface area contributed by atoms with Gasteiger partial charge in [0.15, 0.2) is 0 Å². The molecule has 4 nitrogen and oxygen atoms in total. The third-order valence-corrected chi connectivity index (χ3v) is 2.95. The van der Waals surface area contributed by atoms with Gasteiger partial charge < -0.3 is 10.6 Å². The third kappa shape index (κ3) is 4.23. The number of nitrogen functional groups attached to an aromatic ring is 1. The molecule has 0 saturated carbocycles. The predicted molar refractivity (Wildman–Crippen MR) is 79.0 cm³/mol. The Morgan fingerprint density at radius 3 is 2.42 bits per heavy atom. The Morgan fingerprint density at radius 2 is 1.95 bits per heavy atom. The van der Waals surface area contributed by atoms with Gasteiger partial charge in [0.2, 0.25) is 0 Å². The van der Waals surface area contributed by atoms with Crippen LogP contribution in [-0.4, -0.2) is 28.4 Å². The fraction of sp³-hybridized carbons (Fsp3) is 0.600. The van der Waals surface area contributed by atoms with Crippen LogP contribution < -0.4 is 5.73 Å². The first-order valence-electron chi connectivity index (χ1n) is 6.92. The summed E-state index contributed by atoms with van der Waals surface area (Å²) in [5.74, 6) is 0.889. The maximum absolute atomic E-state index is 12.6. The van der Waals surface area contributed by atoms with E-state index in [1.54, 1.807) is 6.07 Å². The average Bonchev–Trinajstić information content (AvgIpc) is 2.33. The molecule has 4 heteroatoms. The summed E-state index contributed by atoms with van der Waals surface area (Å²) in [6.07, 6.45) is 0.775. The van der Waals surface area contributed by atoms with Crippen LogP contribution in [0.4, 0.5) is 5.82 Å². The number of nitrogens with two attached hydrogens (primary N) is 1. The van der Waals surface area contributed by atoms with Crippen molar-refractivity contribution < 1.29 is 4.79 Å². The Bertz CT molecular complexity index is 441. The maximum Gasteiger partial charge on any atom is 0.254 e. The SMILES string of the molecule is CCc1cc(C(=O)N(CC(C)C)C(C)C)cc(N)n1. The molecule has 0 unspecified atom stereocenters. The third-order valence-electron chi connectivity index (χ3n) is 2.95. The van der Waals surface area contributed by atoms with Crippen molar-refractivity contribution in [3.63, 3.8) is 0 Å². The Kier molecular flexibility index (Phi) is 5.33. The highest BCUT2D eigenvalue weighted by atomic mass is 16.2. The lowest BCUT2D eigenvalue weighted by molar-refractivity contribution is 0.0682. The predicted octanol–water partition coefficient (Wildman–Crippen LogP) is 2.73. The minimum Gasteiger partial charge on any atom is -0.384 e. The van der Waals surface area contributed by atoms with Gasteiger partial charge in [-0.3, -0.25) is 4.79 Å². The molecule has 0 aliphatic carbocycles. The zero-order valence-corrected chi connectivity index (χ0v) is 12.6. The van der Waals surface area contributed by atoms with E-state index in [9.17, 15) is 4.79 Å². The van der Waals surface area contributed by atoms with E-state index in [1.165, 1.54) is 0 Å². The lowest BCUT2D eigenvalue weighted by atomic mass is 10.1. The minimum atomic E-state index is 0.0347. The van der Waals surface area contributed by atoms with Crippen LogP contribution in [0.2, 0.25) is 0 Å². The standard InChI is InChI=1S/C15H25N3O/c1-6-13-7-12(8-14(16)17-13)15(19)18(11(4)5)9-10(2)3/h7-8,10-11H,6,9H2,1-5H3,(H2,16,17). The number of amides is 1. The second-order valence-corrected chi connectivity index (χ2v) is 5.57. The number of carbonyl (C=O) groups is 1. The first-order valence-corrected chi connectivity index (χ1v) is 6.92. The zero-order chi connectivity index (χ0) is 14.6. The van der Waals surface area contributed by atoms with Gasteiger partial charge in [-0.25, -0.2) is 4.98 Å². The van der Waals surface area contributed by atoms with Crippen LogP contribution >= 0.6 is 0 Å². The van der Waals surface area contributed by atoms with Gasteiger partial charge in [0.05, 0.1) is 0 Å². The Labute approximate surface area is 116 Å². The number of pyridine rings is 1. The Morgan fingerprint density at radius 1 is 1.32 bits per heavy atom. The van der Waals surface area contributed by atoms with E-state index in [4.69, 9.17) is 5.73 Å². The largest absolute Gasteiger partial charge is 0.384 e. The first-order chi connectivity index (χ1) is 8.85. The molecule has 1 rings (SSSR count). The molecule has 0 atom stereocenters. The van der Waals surface area contributed by atoms with E-state index in [0.29, 0.717) is 17.3 Å². The van der Waals surface area contributed by atoms with Crippen LogP contribution in [0.25, 0.3) is 0 Å². The molecule has 1 aromatic heterocycles. The van der Waals surface area contributed by atoms with Crippen molar-refractivity contribution in [2.75, 3.05) is 12.3 Å². The highest BCUT2D eigenvalue weighted by Crippen LogP contribution is 2.14. The molecule has 19 heavy (non-hydrogen) atoms. The number of rotatable bonds is 5. The molecule has 106 valence electrons. The second-order valence-electron chi connectivity index (χ2n) is 5.57. The van der Waals surface area contributed by atoms with Crippen LogP contribution in [0.5, 0.6) is 0 Å². The van der Waals surface area contributed by atoms with Crippen LogP contribution in [-0.2, 0) is 6.42 Å². The molecule has 0 spiro atoms. The molecule has 0 saturated heterocycles. The second kappa shape index (κ2) is 6.55.